The Morgan fingerprint density at radius 1 is 1.41 bits per heavy atom. The standard InChI is InChI=1S/C18H22ClF2N5S/c1-11(2)27-17-24-15(23-9-12-5-3-4-6-13(12)19)14(22)16(25-17)26-8-7-18(20,21)10-26/h3-6,11H,7-10,22H2,1-2H3,(H,23,24,25)/p+1. The highest BCUT2D eigenvalue weighted by Crippen LogP contribution is 2.35. The van der Waals surface area contributed by atoms with Gasteiger partial charge in [-0.25, -0.2) is 13.8 Å². The van der Waals surface area contributed by atoms with Crippen LogP contribution in [0.2, 0.25) is 5.02 Å². The van der Waals surface area contributed by atoms with Crippen LogP contribution < -0.4 is 20.9 Å². The zero-order chi connectivity index (χ0) is 19.6. The van der Waals surface area contributed by atoms with E-state index in [4.69, 9.17) is 17.3 Å². The van der Waals surface area contributed by atoms with Gasteiger partial charge in [0, 0.05) is 23.2 Å². The van der Waals surface area contributed by atoms with Crippen LogP contribution >= 0.6 is 23.4 Å². The van der Waals surface area contributed by atoms with Gasteiger partial charge >= 0.3 is 0 Å². The summed E-state index contributed by atoms with van der Waals surface area (Å²) in [6.07, 6.45) is -0.183. The molecule has 0 amide bonds. The van der Waals surface area contributed by atoms with E-state index < -0.39 is 5.92 Å². The molecule has 0 saturated carbocycles. The van der Waals surface area contributed by atoms with E-state index in [2.05, 4.69) is 15.3 Å². The number of benzene rings is 1. The van der Waals surface area contributed by atoms with Gasteiger partial charge < -0.3 is 11.1 Å². The molecule has 9 heteroatoms. The largest absolute Gasteiger partial charge is 0.389 e. The van der Waals surface area contributed by atoms with E-state index in [9.17, 15) is 8.78 Å². The van der Waals surface area contributed by atoms with Crippen molar-refractivity contribution in [3.8, 4) is 0 Å². The lowest BCUT2D eigenvalue weighted by Gasteiger charge is -2.16. The molecule has 1 aromatic heterocycles. The molecule has 0 radical (unpaired) electrons. The van der Waals surface area contributed by atoms with E-state index in [0.29, 0.717) is 34.0 Å². The first-order valence-corrected chi connectivity index (χ1v) is 10.0. The third kappa shape index (κ3) is 4.93. The normalized spacial score (nSPS) is 16.1. The number of thioether (sulfide) groups is 1. The summed E-state index contributed by atoms with van der Waals surface area (Å²) in [6, 6.07) is 7.48. The molecule has 5 nitrogen and oxygen atoms in total. The maximum Gasteiger partial charge on any atom is 0.298 e. The van der Waals surface area contributed by atoms with Crippen LogP contribution in [0.4, 0.5) is 26.1 Å². The topological polar surface area (TPSA) is 68.3 Å². The second kappa shape index (κ2) is 8.06. The van der Waals surface area contributed by atoms with Crippen molar-refractivity contribution in [2.75, 3.05) is 29.0 Å². The molecule has 1 aliphatic heterocycles. The summed E-state index contributed by atoms with van der Waals surface area (Å²) < 4.78 is 27.4. The summed E-state index contributed by atoms with van der Waals surface area (Å²) >= 11 is 7.72. The lowest BCUT2D eigenvalue weighted by molar-refractivity contribution is -0.419. The van der Waals surface area contributed by atoms with Gasteiger partial charge in [-0.2, -0.15) is 0 Å². The number of nitrogens with one attached hydrogen (secondary N) is 2. The Labute approximate surface area is 166 Å². The van der Waals surface area contributed by atoms with Gasteiger partial charge in [-0.15, -0.1) is 0 Å². The van der Waals surface area contributed by atoms with Crippen molar-refractivity contribution >= 4 is 40.7 Å². The van der Waals surface area contributed by atoms with Crippen LogP contribution in [0.15, 0.2) is 29.4 Å². The number of nitrogen functional groups attached to an aromatic ring is 1. The molecule has 2 heterocycles. The minimum Gasteiger partial charge on any atom is -0.389 e. The third-order valence-electron chi connectivity index (χ3n) is 4.19. The molecule has 1 fully saturated rings. The first-order chi connectivity index (χ1) is 12.7. The molecule has 2 aromatic rings. The molecule has 146 valence electrons. The van der Waals surface area contributed by atoms with Crippen molar-refractivity contribution in [3.63, 3.8) is 0 Å². The highest BCUT2D eigenvalue weighted by molar-refractivity contribution is 7.99. The van der Waals surface area contributed by atoms with Crippen LogP contribution in [0.25, 0.3) is 0 Å². The predicted octanol–water partition coefficient (Wildman–Crippen LogP) is 4.09. The Morgan fingerprint density at radius 2 is 2.15 bits per heavy atom. The van der Waals surface area contributed by atoms with E-state index in [1.165, 1.54) is 11.8 Å². The average molecular weight is 415 g/mol. The van der Waals surface area contributed by atoms with Crippen LogP contribution in [0.3, 0.4) is 0 Å². The molecule has 3 rings (SSSR count). The van der Waals surface area contributed by atoms with E-state index in [-0.39, 0.29) is 24.8 Å². The van der Waals surface area contributed by atoms with Crippen molar-refractivity contribution in [1.82, 2.24) is 4.98 Å². The number of aromatic nitrogens is 2. The molecule has 27 heavy (non-hydrogen) atoms. The fourth-order valence-electron chi connectivity index (χ4n) is 2.88. The van der Waals surface area contributed by atoms with Gasteiger partial charge in [-0.05, 0) is 23.4 Å². The van der Waals surface area contributed by atoms with E-state index in [1.807, 2.05) is 38.1 Å². The molecule has 0 aliphatic carbocycles. The van der Waals surface area contributed by atoms with Gasteiger partial charge in [-0.1, -0.05) is 48.6 Å². The summed E-state index contributed by atoms with van der Waals surface area (Å²) in [5.74, 6) is -1.77. The van der Waals surface area contributed by atoms with Gasteiger partial charge in [-0.3, -0.25) is 4.90 Å². The molecular weight excluding hydrogens is 392 g/mol. The number of rotatable bonds is 6. The highest BCUT2D eigenvalue weighted by Gasteiger charge is 2.43. The molecule has 0 atom stereocenters. The van der Waals surface area contributed by atoms with Gasteiger partial charge in [0.05, 0.1) is 6.54 Å². The minimum atomic E-state index is -2.71. The molecule has 1 aromatic carbocycles. The Morgan fingerprint density at radius 3 is 2.78 bits per heavy atom. The summed E-state index contributed by atoms with van der Waals surface area (Å²) in [5.41, 5.74) is 7.50. The number of hydrogen-bond acceptors (Lipinski definition) is 5. The molecule has 1 aliphatic rings. The SMILES string of the molecule is CC(C)Sc1nc(NCc2ccccc2Cl)c(N)c(N2CCC(F)(F)C2)[nH+]1. The van der Waals surface area contributed by atoms with E-state index >= 15 is 0 Å². The smallest absolute Gasteiger partial charge is 0.298 e. The number of alkyl halides is 2. The highest BCUT2D eigenvalue weighted by atomic mass is 35.5. The van der Waals surface area contributed by atoms with Crippen molar-refractivity contribution in [1.29, 1.82) is 0 Å². The summed E-state index contributed by atoms with van der Waals surface area (Å²) in [7, 11) is 0. The van der Waals surface area contributed by atoms with E-state index in [1.54, 1.807) is 4.90 Å². The van der Waals surface area contributed by atoms with Crippen LogP contribution in [0, 0.1) is 0 Å². The fourth-order valence-corrected chi connectivity index (χ4v) is 3.83. The second-order valence-electron chi connectivity index (χ2n) is 6.79. The van der Waals surface area contributed by atoms with Gasteiger partial charge in [0.25, 0.3) is 16.9 Å². The minimum absolute atomic E-state index is 0.183. The summed E-state index contributed by atoms with van der Waals surface area (Å²) in [6.45, 7) is 4.40. The number of aromatic amines is 1. The predicted molar refractivity (Wildman–Crippen MR) is 107 cm³/mol. The van der Waals surface area contributed by atoms with Crippen molar-refractivity contribution in [3.05, 3.63) is 34.9 Å². The molecule has 4 N–H and O–H groups in total. The zero-order valence-electron chi connectivity index (χ0n) is 15.2. The van der Waals surface area contributed by atoms with Gasteiger partial charge in [0.2, 0.25) is 5.82 Å². The first-order valence-electron chi connectivity index (χ1n) is 8.74. The second-order valence-corrected chi connectivity index (χ2v) is 8.76. The zero-order valence-corrected chi connectivity index (χ0v) is 16.8. The number of nitrogens with two attached hydrogens (primary N) is 1. The summed E-state index contributed by atoms with van der Waals surface area (Å²) in [5, 5.41) is 4.75. The maximum atomic E-state index is 13.7. The van der Waals surface area contributed by atoms with Crippen LogP contribution in [0.1, 0.15) is 25.8 Å². The maximum absolute atomic E-state index is 13.7. The van der Waals surface area contributed by atoms with Crippen LogP contribution in [-0.2, 0) is 6.54 Å². The fraction of sp³-hybridized carbons (Fsp3) is 0.444. The third-order valence-corrected chi connectivity index (χ3v) is 5.44. The lowest BCUT2D eigenvalue weighted by Crippen LogP contribution is -2.32. The number of halogens is 3. The number of nitrogens with zero attached hydrogens (tertiary/aromatic N) is 2. The average Bonchev–Trinajstić information content (AvgIpc) is 2.95. The van der Waals surface area contributed by atoms with Crippen molar-refractivity contribution < 1.29 is 13.8 Å². The monoisotopic (exact) mass is 414 g/mol. The quantitative estimate of drug-likeness (QED) is 0.550. The lowest BCUT2D eigenvalue weighted by atomic mass is 10.2. The Hall–Kier alpha value is -1.80. The molecular formula is C18H23ClF2N5S+. The number of anilines is 3. The first kappa shape index (κ1) is 19.9. The number of H-pyrrole nitrogens is 1. The van der Waals surface area contributed by atoms with Crippen molar-refractivity contribution in [2.24, 2.45) is 0 Å². The Kier molecular flexibility index (Phi) is 5.95. The molecule has 1 saturated heterocycles. The van der Waals surface area contributed by atoms with E-state index in [0.717, 1.165) is 5.56 Å². The summed E-state index contributed by atoms with van der Waals surface area (Å²) in [4.78, 5) is 9.25. The number of hydrogen-bond donors (Lipinski definition) is 2. The Bertz CT molecular complexity index is 818. The van der Waals surface area contributed by atoms with Gasteiger partial charge in [0.15, 0.2) is 5.69 Å². The molecule has 0 unspecified atom stereocenters. The van der Waals surface area contributed by atoms with Crippen LogP contribution in [0.5, 0.6) is 0 Å². The van der Waals surface area contributed by atoms with Gasteiger partial charge in [0.1, 0.15) is 6.54 Å². The van der Waals surface area contributed by atoms with Crippen molar-refractivity contribution in [2.45, 2.75) is 43.1 Å². The Balaban J connectivity index is 1.89. The molecule has 0 bridgehead atoms. The van der Waals surface area contributed by atoms with Crippen LogP contribution in [-0.4, -0.2) is 29.2 Å². The molecule has 0 spiro atoms.